The Morgan fingerprint density at radius 3 is 2.36 bits per heavy atom. The van der Waals surface area contributed by atoms with Crippen molar-refractivity contribution >= 4 is 5.97 Å². The van der Waals surface area contributed by atoms with Crippen LogP contribution in [-0.4, -0.2) is 12.6 Å². The largest absolute Gasteiger partial charge is 0.485 e. The lowest BCUT2D eigenvalue weighted by atomic mass is 10.0. The lowest BCUT2D eigenvalue weighted by molar-refractivity contribution is 0.0518. The Labute approximate surface area is 131 Å². The maximum absolute atomic E-state index is 12.0. The Kier molecular flexibility index (Phi) is 6.01. The second kappa shape index (κ2) is 8.23. The minimum absolute atomic E-state index is 0.0678. The molecule has 2 aromatic carbocycles. The van der Waals surface area contributed by atoms with E-state index in [4.69, 9.17) is 9.47 Å². The summed E-state index contributed by atoms with van der Waals surface area (Å²) in [4.78, 5) is 12.0. The summed E-state index contributed by atoms with van der Waals surface area (Å²) >= 11 is 0. The SMILES string of the molecule is CCCC(Oc1ccccc1C(=O)OCC)c1ccccc1. The molecular formula is C19H22O3. The molecule has 0 saturated heterocycles. The van der Waals surface area contributed by atoms with Gasteiger partial charge in [0.1, 0.15) is 17.4 Å². The lowest BCUT2D eigenvalue weighted by Gasteiger charge is -2.20. The molecule has 0 aliphatic carbocycles. The van der Waals surface area contributed by atoms with Crippen molar-refractivity contribution in [2.24, 2.45) is 0 Å². The highest BCUT2D eigenvalue weighted by Crippen LogP contribution is 2.28. The van der Waals surface area contributed by atoms with Crippen LogP contribution in [-0.2, 0) is 4.74 Å². The Morgan fingerprint density at radius 2 is 1.68 bits per heavy atom. The molecule has 2 rings (SSSR count). The lowest BCUT2D eigenvalue weighted by Crippen LogP contribution is -2.12. The molecule has 0 amide bonds. The summed E-state index contributed by atoms with van der Waals surface area (Å²) in [6.45, 7) is 4.27. The number of esters is 1. The fraction of sp³-hybridized carbons (Fsp3) is 0.316. The van der Waals surface area contributed by atoms with Crippen LogP contribution in [0.3, 0.4) is 0 Å². The van der Waals surface area contributed by atoms with Crippen molar-refractivity contribution in [2.75, 3.05) is 6.61 Å². The predicted octanol–water partition coefficient (Wildman–Crippen LogP) is 4.78. The van der Waals surface area contributed by atoms with Crippen molar-refractivity contribution in [3.63, 3.8) is 0 Å². The van der Waals surface area contributed by atoms with Gasteiger partial charge in [-0.15, -0.1) is 0 Å². The smallest absolute Gasteiger partial charge is 0.341 e. The zero-order valence-corrected chi connectivity index (χ0v) is 13.1. The van der Waals surface area contributed by atoms with E-state index in [0.29, 0.717) is 17.9 Å². The van der Waals surface area contributed by atoms with Crippen LogP contribution in [0.1, 0.15) is 48.7 Å². The number of carbonyl (C=O) groups excluding carboxylic acids is 1. The van der Waals surface area contributed by atoms with Gasteiger partial charge >= 0.3 is 5.97 Å². The molecule has 0 spiro atoms. The summed E-state index contributed by atoms with van der Waals surface area (Å²) in [5.74, 6) is 0.227. The molecule has 0 saturated carbocycles. The third kappa shape index (κ3) is 4.10. The molecule has 1 atom stereocenters. The highest BCUT2D eigenvalue weighted by atomic mass is 16.5. The van der Waals surface area contributed by atoms with E-state index in [0.717, 1.165) is 18.4 Å². The topological polar surface area (TPSA) is 35.5 Å². The van der Waals surface area contributed by atoms with Gasteiger partial charge in [-0.3, -0.25) is 0 Å². The van der Waals surface area contributed by atoms with Gasteiger partial charge < -0.3 is 9.47 Å². The molecule has 0 aromatic heterocycles. The van der Waals surface area contributed by atoms with Crippen molar-refractivity contribution in [1.82, 2.24) is 0 Å². The number of carbonyl (C=O) groups is 1. The van der Waals surface area contributed by atoms with E-state index in [2.05, 4.69) is 6.92 Å². The maximum Gasteiger partial charge on any atom is 0.341 e. The van der Waals surface area contributed by atoms with Crippen LogP contribution in [0.2, 0.25) is 0 Å². The van der Waals surface area contributed by atoms with E-state index < -0.39 is 0 Å². The molecule has 0 heterocycles. The van der Waals surface area contributed by atoms with Crippen LogP contribution in [0.5, 0.6) is 5.75 Å². The van der Waals surface area contributed by atoms with E-state index in [1.54, 1.807) is 13.0 Å². The summed E-state index contributed by atoms with van der Waals surface area (Å²) in [6.07, 6.45) is 1.82. The summed E-state index contributed by atoms with van der Waals surface area (Å²) in [5.41, 5.74) is 1.59. The third-order valence-corrected chi connectivity index (χ3v) is 3.37. The number of hydrogen-bond donors (Lipinski definition) is 0. The highest BCUT2D eigenvalue weighted by molar-refractivity contribution is 5.92. The molecule has 116 valence electrons. The van der Waals surface area contributed by atoms with E-state index in [-0.39, 0.29) is 12.1 Å². The van der Waals surface area contributed by atoms with E-state index in [9.17, 15) is 4.79 Å². The van der Waals surface area contributed by atoms with Gasteiger partial charge in [-0.05, 0) is 31.0 Å². The van der Waals surface area contributed by atoms with Crippen LogP contribution in [0.15, 0.2) is 54.6 Å². The summed E-state index contributed by atoms with van der Waals surface area (Å²) in [7, 11) is 0. The molecule has 0 fully saturated rings. The van der Waals surface area contributed by atoms with Gasteiger partial charge in [0.15, 0.2) is 0 Å². The Balaban J connectivity index is 2.25. The zero-order chi connectivity index (χ0) is 15.8. The average Bonchev–Trinajstić information content (AvgIpc) is 2.56. The van der Waals surface area contributed by atoms with Gasteiger partial charge in [-0.25, -0.2) is 4.79 Å². The Bertz CT molecular complexity index is 593. The first-order valence-corrected chi connectivity index (χ1v) is 7.74. The minimum atomic E-state index is -0.346. The quantitative estimate of drug-likeness (QED) is 0.690. The average molecular weight is 298 g/mol. The van der Waals surface area contributed by atoms with Crippen LogP contribution < -0.4 is 4.74 Å². The van der Waals surface area contributed by atoms with Crippen LogP contribution in [0, 0.1) is 0 Å². The minimum Gasteiger partial charge on any atom is -0.485 e. The van der Waals surface area contributed by atoms with Crippen molar-refractivity contribution in [3.8, 4) is 5.75 Å². The van der Waals surface area contributed by atoms with E-state index >= 15 is 0 Å². The van der Waals surface area contributed by atoms with Gasteiger partial charge in [-0.1, -0.05) is 55.8 Å². The Morgan fingerprint density at radius 1 is 1.00 bits per heavy atom. The monoisotopic (exact) mass is 298 g/mol. The molecule has 1 unspecified atom stereocenters. The summed E-state index contributed by atoms with van der Waals surface area (Å²) in [5, 5.41) is 0. The third-order valence-electron chi connectivity index (χ3n) is 3.37. The number of rotatable bonds is 7. The van der Waals surface area contributed by atoms with Crippen molar-refractivity contribution in [1.29, 1.82) is 0 Å². The first kappa shape index (κ1) is 16.1. The molecule has 0 aliphatic heterocycles. The molecule has 0 N–H and O–H groups in total. The second-order valence-electron chi connectivity index (χ2n) is 5.02. The van der Waals surface area contributed by atoms with Crippen molar-refractivity contribution in [2.45, 2.75) is 32.8 Å². The molecule has 0 radical (unpaired) electrons. The molecule has 22 heavy (non-hydrogen) atoms. The number of hydrogen-bond acceptors (Lipinski definition) is 3. The van der Waals surface area contributed by atoms with E-state index in [1.807, 2.05) is 48.5 Å². The molecule has 0 aliphatic rings. The molecular weight excluding hydrogens is 276 g/mol. The highest BCUT2D eigenvalue weighted by Gasteiger charge is 2.18. The van der Waals surface area contributed by atoms with Gasteiger partial charge in [-0.2, -0.15) is 0 Å². The number of ether oxygens (including phenoxy) is 2. The van der Waals surface area contributed by atoms with Gasteiger partial charge in [0, 0.05) is 0 Å². The van der Waals surface area contributed by atoms with Crippen LogP contribution in [0.4, 0.5) is 0 Å². The maximum atomic E-state index is 12.0. The van der Waals surface area contributed by atoms with Crippen LogP contribution in [0.25, 0.3) is 0 Å². The molecule has 3 nitrogen and oxygen atoms in total. The second-order valence-corrected chi connectivity index (χ2v) is 5.02. The molecule has 0 bridgehead atoms. The van der Waals surface area contributed by atoms with Gasteiger partial charge in [0.25, 0.3) is 0 Å². The van der Waals surface area contributed by atoms with Gasteiger partial charge in [0.2, 0.25) is 0 Å². The predicted molar refractivity (Wildman–Crippen MR) is 87.1 cm³/mol. The fourth-order valence-corrected chi connectivity index (χ4v) is 2.32. The fourth-order valence-electron chi connectivity index (χ4n) is 2.32. The van der Waals surface area contributed by atoms with Crippen molar-refractivity contribution in [3.05, 3.63) is 65.7 Å². The van der Waals surface area contributed by atoms with Crippen molar-refractivity contribution < 1.29 is 14.3 Å². The number of benzene rings is 2. The summed E-state index contributed by atoms with van der Waals surface area (Å²) in [6, 6.07) is 17.3. The Hall–Kier alpha value is -2.29. The number of para-hydroxylation sites is 1. The normalized spacial score (nSPS) is 11.7. The summed E-state index contributed by atoms with van der Waals surface area (Å²) < 4.78 is 11.2. The first-order valence-electron chi connectivity index (χ1n) is 7.74. The van der Waals surface area contributed by atoms with Crippen LogP contribution >= 0.6 is 0 Å². The molecule has 2 aromatic rings. The standard InChI is InChI=1S/C19H22O3/c1-3-10-17(15-11-6-5-7-12-15)22-18-14-9-8-13-16(18)19(20)21-4-2/h5-9,11-14,17H,3-4,10H2,1-2H3. The molecule has 3 heteroatoms. The zero-order valence-electron chi connectivity index (χ0n) is 13.1. The first-order chi connectivity index (χ1) is 10.8. The van der Waals surface area contributed by atoms with Gasteiger partial charge in [0.05, 0.1) is 6.61 Å². The van der Waals surface area contributed by atoms with E-state index in [1.165, 1.54) is 0 Å².